The number of hydrogen-bond acceptors (Lipinski definition) is 4. The molecule has 3 aromatic rings. The Kier molecular flexibility index (Phi) is 2.90. The van der Waals surface area contributed by atoms with Gasteiger partial charge < -0.3 is 5.21 Å². The molecule has 6 nitrogen and oxygen atoms in total. The van der Waals surface area contributed by atoms with Gasteiger partial charge in [-0.05, 0) is 24.3 Å². The van der Waals surface area contributed by atoms with E-state index in [1.807, 2.05) is 36.4 Å². The molecule has 0 bridgehead atoms. The third kappa shape index (κ3) is 1.96. The first-order valence-corrected chi connectivity index (χ1v) is 7.05. The molecule has 0 unspecified atom stereocenters. The lowest BCUT2D eigenvalue weighted by Crippen LogP contribution is -2.19. The van der Waals surface area contributed by atoms with Gasteiger partial charge in [0.25, 0.3) is 0 Å². The second-order valence-corrected chi connectivity index (χ2v) is 5.26. The summed E-state index contributed by atoms with van der Waals surface area (Å²) < 4.78 is 2.64. The number of nitrogens with zero attached hydrogens (tertiary/aromatic N) is 5. The number of halogens is 1. The minimum Gasteiger partial charge on any atom is -0.623 e. The molecule has 0 fully saturated rings. The molecule has 0 saturated heterocycles. The Morgan fingerprint density at radius 3 is 2.77 bits per heavy atom. The van der Waals surface area contributed by atoms with Crippen molar-refractivity contribution in [1.82, 2.24) is 19.7 Å². The lowest BCUT2D eigenvalue weighted by molar-refractivity contribution is -0.475. The van der Waals surface area contributed by atoms with E-state index in [0.29, 0.717) is 22.4 Å². The maximum Gasteiger partial charge on any atom is 0.246 e. The quantitative estimate of drug-likeness (QED) is 0.392. The Morgan fingerprint density at radius 1 is 1.14 bits per heavy atom. The van der Waals surface area contributed by atoms with E-state index in [4.69, 9.17) is 11.6 Å². The van der Waals surface area contributed by atoms with Gasteiger partial charge in [0.15, 0.2) is 5.69 Å². The van der Waals surface area contributed by atoms with Crippen molar-refractivity contribution < 1.29 is 4.74 Å². The number of fused-ring (bicyclic) bond motifs is 3. The van der Waals surface area contributed by atoms with Crippen LogP contribution in [0.25, 0.3) is 5.69 Å². The molecule has 0 spiro atoms. The van der Waals surface area contributed by atoms with Gasteiger partial charge in [0.1, 0.15) is 11.5 Å². The lowest BCUT2D eigenvalue weighted by atomic mass is 10.1. The largest absolute Gasteiger partial charge is 0.623 e. The minimum absolute atomic E-state index is 0.0954. The van der Waals surface area contributed by atoms with E-state index in [0.717, 1.165) is 16.0 Å². The first-order valence-electron chi connectivity index (χ1n) is 6.67. The van der Waals surface area contributed by atoms with E-state index in [1.54, 1.807) is 17.0 Å². The Bertz CT molecular complexity index is 888. The highest BCUT2D eigenvalue weighted by atomic mass is 35.5. The molecule has 1 aromatic carbocycles. The van der Waals surface area contributed by atoms with Crippen molar-refractivity contribution in [2.24, 2.45) is 0 Å². The van der Waals surface area contributed by atoms with E-state index in [-0.39, 0.29) is 6.54 Å². The molecule has 4 rings (SSSR count). The highest BCUT2D eigenvalue weighted by Crippen LogP contribution is 2.24. The van der Waals surface area contributed by atoms with Crippen molar-refractivity contribution in [3.05, 3.63) is 76.2 Å². The van der Waals surface area contributed by atoms with Gasteiger partial charge in [-0.15, -0.1) is 10.2 Å². The molecule has 0 radical (unpaired) electrons. The topological polar surface area (TPSA) is 69.7 Å². The molecule has 0 saturated carbocycles. The van der Waals surface area contributed by atoms with Crippen molar-refractivity contribution in [3.63, 3.8) is 0 Å². The normalized spacial score (nSPS) is 13.5. The van der Waals surface area contributed by atoms with Gasteiger partial charge in [-0.2, -0.15) is 4.74 Å². The summed E-state index contributed by atoms with van der Waals surface area (Å²) in [6.45, 7) is 0.0954. The van der Waals surface area contributed by atoms with Crippen molar-refractivity contribution in [1.29, 1.82) is 0 Å². The first-order chi connectivity index (χ1) is 10.7. The van der Waals surface area contributed by atoms with Crippen LogP contribution >= 0.6 is 11.6 Å². The molecular formula is C15H10ClN5O. The zero-order valence-corrected chi connectivity index (χ0v) is 12.1. The first kappa shape index (κ1) is 13.0. The molecule has 3 heterocycles. The maximum absolute atomic E-state index is 12.7. The predicted molar refractivity (Wildman–Crippen MR) is 81.1 cm³/mol. The summed E-state index contributed by atoms with van der Waals surface area (Å²) in [5.41, 5.74) is 2.52. The van der Waals surface area contributed by atoms with Crippen molar-refractivity contribution in [2.75, 3.05) is 0 Å². The number of hydroxylamine groups is 1. The van der Waals surface area contributed by atoms with Crippen LogP contribution in [-0.4, -0.2) is 30.2 Å². The molecule has 0 aliphatic carbocycles. The third-order valence-corrected chi connectivity index (χ3v) is 3.73. The molecule has 0 N–H and O–H groups in total. The fourth-order valence-corrected chi connectivity index (χ4v) is 2.71. The summed E-state index contributed by atoms with van der Waals surface area (Å²) in [6, 6.07) is 12.9. The second-order valence-electron chi connectivity index (χ2n) is 4.87. The molecule has 1 aliphatic heterocycles. The minimum atomic E-state index is 0.0954. The van der Waals surface area contributed by atoms with Crippen LogP contribution in [0.2, 0.25) is 5.15 Å². The molecule has 2 aromatic heterocycles. The van der Waals surface area contributed by atoms with Crippen LogP contribution in [0.15, 0.2) is 48.8 Å². The number of rotatable bonds is 1. The van der Waals surface area contributed by atoms with Gasteiger partial charge in [0.2, 0.25) is 18.1 Å². The van der Waals surface area contributed by atoms with Crippen LogP contribution in [0.5, 0.6) is 0 Å². The lowest BCUT2D eigenvalue weighted by Gasteiger charge is -2.09. The maximum atomic E-state index is 12.7. The summed E-state index contributed by atoms with van der Waals surface area (Å²) in [5, 5.41) is 20.9. The van der Waals surface area contributed by atoms with Crippen LogP contribution in [0.3, 0.4) is 0 Å². The monoisotopic (exact) mass is 311 g/mol. The smallest absolute Gasteiger partial charge is 0.246 e. The molecule has 0 amide bonds. The molecule has 108 valence electrons. The van der Waals surface area contributed by atoms with Crippen LogP contribution < -0.4 is 0 Å². The van der Waals surface area contributed by atoms with E-state index in [9.17, 15) is 5.21 Å². The SMILES string of the molecule is [O-][N+]1=C(c2ccccc2)c2nc(Cl)ccc2-n2cnnc2C1. The van der Waals surface area contributed by atoms with Crippen molar-refractivity contribution in [3.8, 4) is 5.69 Å². The van der Waals surface area contributed by atoms with Crippen LogP contribution in [0.4, 0.5) is 0 Å². The Labute approximate surface area is 130 Å². The van der Waals surface area contributed by atoms with Gasteiger partial charge in [0, 0.05) is 5.56 Å². The van der Waals surface area contributed by atoms with E-state index >= 15 is 0 Å². The standard InChI is InChI=1S/C15H10ClN5O/c16-12-7-6-11-14(18-12)15(10-4-2-1-3-5-10)21(22)8-13-19-17-9-20(11)13/h1-7,9H,8H2. The summed E-state index contributed by atoms with van der Waals surface area (Å²) in [7, 11) is 0. The van der Waals surface area contributed by atoms with Crippen LogP contribution in [0.1, 0.15) is 17.1 Å². The number of aromatic nitrogens is 4. The number of benzene rings is 1. The van der Waals surface area contributed by atoms with Gasteiger partial charge >= 0.3 is 0 Å². The Balaban J connectivity index is 2.06. The zero-order valence-electron chi connectivity index (χ0n) is 11.3. The van der Waals surface area contributed by atoms with E-state index < -0.39 is 0 Å². The van der Waals surface area contributed by atoms with Gasteiger partial charge in [-0.25, -0.2) is 4.98 Å². The fourth-order valence-electron chi connectivity index (χ4n) is 2.57. The Hall–Kier alpha value is -2.73. The zero-order chi connectivity index (χ0) is 15.1. The van der Waals surface area contributed by atoms with Crippen molar-refractivity contribution in [2.45, 2.75) is 6.54 Å². The molecule has 0 atom stereocenters. The van der Waals surface area contributed by atoms with Gasteiger partial charge in [0.05, 0.1) is 5.69 Å². The summed E-state index contributed by atoms with van der Waals surface area (Å²) in [6.07, 6.45) is 1.57. The van der Waals surface area contributed by atoms with Crippen molar-refractivity contribution >= 4 is 17.3 Å². The molecule has 1 aliphatic rings. The van der Waals surface area contributed by atoms with Crippen LogP contribution in [0, 0.1) is 5.21 Å². The highest BCUT2D eigenvalue weighted by Gasteiger charge is 2.28. The van der Waals surface area contributed by atoms with Gasteiger partial charge in [-0.3, -0.25) is 4.57 Å². The van der Waals surface area contributed by atoms with Gasteiger partial charge in [-0.1, -0.05) is 29.8 Å². The number of hydrogen-bond donors (Lipinski definition) is 0. The van der Waals surface area contributed by atoms with Crippen LogP contribution in [-0.2, 0) is 6.54 Å². The molecule has 22 heavy (non-hydrogen) atoms. The van der Waals surface area contributed by atoms with E-state index in [2.05, 4.69) is 15.2 Å². The summed E-state index contributed by atoms with van der Waals surface area (Å²) in [5.74, 6) is 0.561. The number of pyridine rings is 1. The summed E-state index contributed by atoms with van der Waals surface area (Å²) in [4.78, 5) is 4.37. The fraction of sp³-hybridized carbons (Fsp3) is 0.0667. The Morgan fingerprint density at radius 2 is 1.95 bits per heavy atom. The third-order valence-electron chi connectivity index (χ3n) is 3.52. The average Bonchev–Trinajstić information content (AvgIpc) is 2.93. The van der Waals surface area contributed by atoms with E-state index in [1.165, 1.54) is 0 Å². The predicted octanol–water partition coefficient (Wildman–Crippen LogP) is 2.18. The molecular weight excluding hydrogens is 302 g/mol. The second kappa shape index (κ2) is 4.92. The average molecular weight is 312 g/mol. The summed E-state index contributed by atoms with van der Waals surface area (Å²) >= 11 is 6.05. The molecule has 7 heteroatoms. The highest BCUT2D eigenvalue weighted by molar-refractivity contribution is 6.29.